The maximum Gasteiger partial charge on any atom is 0.231 e. The number of carbonyl (C=O) groups excluding carboxylic acids is 1. The van der Waals surface area contributed by atoms with Crippen molar-refractivity contribution in [1.29, 1.82) is 0 Å². The summed E-state index contributed by atoms with van der Waals surface area (Å²) in [5.41, 5.74) is 0.605. The van der Waals surface area contributed by atoms with Gasteiger partial charge in [0.2, 0.25) is 5.91 Å². The zero-order chi connectivity index (χ0) is 12.3. The molecule has 1 amide bonds. The maximum atomic E-state index is 12.2. The zero-order valence-electron chi connectivity index (χ0n) is 10.3. The molecule has 0 radical (unpaired) electrons. The quantitative estimate of drug-likeness (QED) is 0.774. The molecule has 1 aliphatic heterocycles. The number of nitrogens with one attached hydrogen (secondary N) is 2. The molecule has 1 aromatic carbocycles. The van der Waals surface area contributed by atoms with Gasteiger partial charge in [0, 0.05) is 15.8 Å². The number of carbonyl (C=O) groups is 1. The average Bonchev–Trinajstić information content (AvgIpc) is 2.30. The highest BCUT2D eigenvalue weighted by Gasteiger charge is 2.34. The molecule has 1 unspecified atom stereocenters. The summed E-state index contributed by atoms with van der Waals surface area (Å²) in [5.74, 6) is 0.117. The van der Waals surface area contributed by atoms with Crippen LogP contribution in [-0.2, 0) is 4.79 Å². The summed E-state index contributed by atoms with van der Waals surface area (Å²) in [6.45, 7) is 3.82. The number of halogens is 2. The van der Waals surface area contributed by atoms with Gasteiger partial charge in [0.05, 0.1) is 5.41 Å². The van der Waals surface area contributed by atoms with Gasteiger partial charge < -0.3 is 10.6 Å². The normalized spacial score (nSPS) is 23.0. The monoisotopic (exact) mass is 380 g/mol. The van der Waals surface area contributed by atoms with E-state index in [9.17, 15) is 4.79 Å². The third-order valence-corrected chi connectivity index (χ3v) is 3.90. The second-order valence-electron chi connectivity index (χ2n) is 4.81. The second-order valence-corrected chi connectivity index (χ2v) is 6.05. The van der Waals surface area contributed by atoms with Crippen molar-refractivity contribution < 1.29 is 4.79 Å². The predicted molar refractivity (Wildman–Crippen MR) is 85.2 cm³/mol. The van der Waals surface area contributed by atoms with E-state index in [0.29, 0.717) is 0 Å². The van der Waals surface area contributed by atoms with E-state index in [0.717, 1.165) is 35.2 Å². The molecule has 1 fully saturated rings. The minimum Gasteiger partial charge on any atom is -0.326 e. The lowest BCUT2D eigenvalue weighted by Crippen LogP contribution is -2.46. The lowest BCUT2D eigenvalue weighted by atomic mass is 9.82. The molecule has 5 heteroatoms. The van der Waals surface area contributed by atoms with Gasteiger partial charge in [-0.1, -0.05) is 6.07 Å². The van der Waals surface area contributed by atoms with Gasteiger partial charge >= 0.3 is 0 Å². The summed E-state index contributed by atoms with van der Waals surface area (Å²) in [5, 5.41) is 6.30. The van der Waals surface area contributed by atoms with Gasteiger partial charge in [-0.15, -0.1) is 12.4 Å². The highest BCUT2D eigenvalue weighted by molar-refractivity contribution is 14.1. The van der Waals surface area contributed by atoms with Crippen LogP contribution >= 0.6 is 35.0 Å². The molecule has 1 aromatic rings. The largest absolute Gasteiger partial charge is 0.326 e. The van der Waals surface area contributed by atoms with Crippen LogP contribution in [0.1, 0.15) is 19.8 Å². The Morgan fingerprint density at radius 1 is 1.50 bits per heavy atom. The maximum absolute atomic E-state index is 12.2. The van der Waals surface area contributed by atoms with Gasteiger partial charge in [-0.2, -0.15) is 0 Å². The van der Waals surface area contributed by atoms with Crippen molar-refractivity contribution in [3.05, 3.63) is 27.8 Å². The number of anilines is 1. The van der Waals surface area contributed by atoms with Gasteiger partial charge in [-0.3, -0.25) is 4.79 Å². The van der Waals surface area contributed by atoms with Crippen molar-refractivity contribution in [2.24, 2.45) is 5.41 Å². The summed E-state index contributed by atoms with van der Waals surface area (Å²) in [4.78, 5) is 12.2. The first-order valence-corrected chi connectivity index (χ1v) is 6.96. The summed E-state index contributed by atoms with van der Waals surface area (Å²) < 4.78 is 1.13. The second kappa shape index (κ2) is 6.73. The molecule has 0 aromatic heterocycles. The third-order valence-electron chi connectivity index (χ3n) is 3.23. The molecule has 0 bridgehead atoms. The lowest BCUT2D eigenvalue weighted by molar-refractivity contribution is -0.125. The topological polar surface area (TPSA) is 41.1 Å². The smallest absolute Gasteiger partial charge is 0.231 e. The van der Waals surface area contributed by atoms with Crippen LogP contribution in [0.2, 0.25) is 0 Å². The molecule has 1 saturated heterocycles. The number of amides is 1. The van der Waals surface area contributed by atoms with E-state index in [1.54, 1.807) is 0 Å². The number of hydrogen-bond donors (Lipinski definition) is 2. The van der Waals surface area contributed by atoms with Gasteiger partial charge in [0.1, 0.15) is 0 Å². The lowest BCUT2D eigenvalue weighted by Gasteiger charge is -2.32. The molecule has 18 heavy (non-hydrogen) atoms. The van der Waals surface area contributed by atoms with E-state index < -0.39 is 0 Å². The van der Waals surface area contributed by atoms with E-state index in [1.807, 2.05) is 31.2 Å². The van der Waals surface area contributed by atoms with Crippen molar-refractivity contribution in [1.82, 2.24) is 5.32 Å². The van der Waals surface area contributed by atoms with Gasteiger partial charge in [0.15, 0.2) is 0 Å². The molecule has 1 atom stereocenters. The van der Waals surface area contributed by atoms with Crippen LogP contribution in [0.4, 0.5) is 5.69 Å². The van der Waals surface area contributed by atoms with Crippen molar-refractivity contribution in [3.8, 4) is 0 Å². The molecule has 100 valence electrons. The molecule has 1 heterocycles. The highest BCUT2D eigenvalue weighted by Crippen LogP contribution is 2.27. The van der Waals surface area contributed by atoms with Crippen molar-refractivity contribution in [2.75, 3.05) is 18.4 Å². The average molecular weight is 381 g/mol. The summed E-state index contributed by atoms with van der Waals surface area (Å²) >= 11 is 2.25. The van der Waals surface area contributed by atoms with Crippen LogP contribution in [0, 0.1) is 8.99 Å². The Kier molecular flexibility index (Phi) is 5.88. The van der Waals surface area contributed by atoms with Crippen LogP contribution in [0.25, 0.3) is 0 Å². The Morgan fingerprint density at radius 3 is 2.89 bits per heavy atom. The van der Waals surface area contributed by atoms with Crippen LogP contribution in [-0.4, -0.2) is 19.0 Å². The Morgan fingerprint density at radius 2 is 2.28 bits per heavy atom. The fourth-order valence-corrected chi connectivity index (χ4v) is 2.64. The van der Waals surface area contributed by atoms with Gasteiger partial charge in [-0.05, 0) is 67.1 Å². The summed E-state index contributed by atoms with van der Waals surface area (Å²) in [7, 11) is 0. The molecular formula is C13H18ClIN2O. The molecule has 2 rings (SSSR count). The molecule has 0 spiro atoms. The molecule has 0 saturated carbocycles. The van der Waals surface area contributed by atoms with Crippen LogP contribution < -0.4 is 10.6 Å². The minimum atomic E-state index is -0.278. The van der Waals surface area contributed by atoms with E-state index in [1.165, 1.54) is 0 Å². The predicted octanol–water partition coefficient (Wildman–Crippen LogP) is 3.04. The minimum absolute atomic E-state index is 0. The summed E-state index contributed by atoms with van der Waals surface area (Å²) in [6.07, 6.45) is 2.02. The van der Waals surface area contributed by atoms with Crippen molar-refractivity contribution in [2.45, 2.75) is 19.8 Å². The first-order chi connectivity index (χ1) is 8.10. The molecule has 2 N–H and O–H groups in total. The van der Waals surface area contributed by atoms with E-state index in [4.69, 9.17) is 0 Å². The van der Waals surface area contributed by atoms with Crippen LogP contribution in [0.3, 0.4) is 0 Å². The van der Waals surface area contributed by atoms with E-state index in [2.05, 4.69) is 33.2 Å². The Labute approximate surface area is 128 Å². The Balaban J connectivity index is 0.00000162. The van der Waals surface area contributed by atoms with Gasteiger partial charge in [-0.25, -0.2) is 0 Å². The standard InChI is InChI=1S/C13H17IN2O.ClH/c1-13(6-3-7-15-9-13)12(17)16-11-5-2-4-10(14)8-11;/h2,4-5,8,15H,3,6-7,9H2,1H3,(H,16,17);1H. The molecule has 1 aliphatic rings. The third kappa shape index (κ3) is 3.83. The molecular weight excluding hydrogens is 363 g/mol. The fourth-order valence-electron chi connectivity index (χ4n) is 2.10. The highest BCUT2D eigenvalue weighted by atomic mass is 127. The first-order valence-electron chi connectivity index (χ1n) is 5.88. The summed E-state index contributed by atoms with van der Waals surface area (Å²) in [6, 6.07) is 7.89. The fraction of sp³-hybridized carbons (Fsp3) is 0.462. The number of rotatable bonds is 2. The number of benzene rings is 1. The van der Waals surface area contributed by atoms with Crippen LogP contribution in [0.15, 0.2) is 24.3 Å². The zero-order valence-corrected chi connectivity index (χ0v) is 13.3. The SMILES string of the molecule is CC1(C(=O)Nc2cccc(I)c2)CCCNC1.Cl. The Bertz CT molecular complexity index is 419. The molecule has 3 nitrogen and oxygen atoms in total. The van der Waals surface area contributed by atoms with Gasteiger partial charge in [0.25, 0.3) is 0 Å². The Hall–Kier alpha value is -0.330. The molecule has 0 aliphatic carbocycles. The van der Waals surface area contributed by atoms with E-state index >= 15 is 0 Å². The van der Waals surface area contributed by atoms with Crippen molar-refractivity contribution >= 4 is 46.6 Å². The van der Waals surface area contributed by atoms with Crippen molar-refractivity contribution in [3.63, 3.8) is 0 Å². The number of piperidine rings is 1. The first kappa shape index (κ1) is 15.7. The van der Waals surface area contributed by atoms with Crippen LogP contribution in [0.5, 0.6) is 0 Å². The van der Waals surface area contributed by atoms with E-state index in [-0.39, 0.29) is 23.7 Å². The number of hydrogen-bond acceptors (Lipinski definition) is 2.